The van der Waals surface area contributed by atoms with Crippen LogP contribution in [0.2, 0.25) is 4.34 Å². The van der Waals surface area contributed by atoms with Crippen molar-refractivity contribution in [3.63, 3.8) is 0 Å². The lowest BCUT2D eigenvalue weighted by atomic mass is 9.91. The van der Waals surface area contributed by atoms with E-state index in [0.717, 1.165) is 36.8 Å². The number of thiophene rings is 1. The summed E-state index contributed by atoms with van der Waals surface area (Å²) in [7, 11) is -3.51. The molecule has 1 spiro atoms. The lowest BCUT2D eigenvalue weighted by Crippen LogP contribution is -2.52. The number of hydrogen-bond acceptors (Lipinski definition) is 5. The molecule has 3 heterocycles. The molecule has 1 saturated heterocycles. The first kappa shape index (κ1) is 17.3. The molecule has 2 aromatic rings. The van der Waals surface area contributed by atoms with Crippen LogP contribution in [0.1, 0.15) is 17.7 Å². The van der Waals surface area contributed by atoms with E-state index in [1.807, 2.05) is 12.1 Å². The van der Waals surface area contributed by atoms with Crippen LogP contribution in [0.4, 0.5) is 0 Å². The molecule has 2 aliphatic rings. The number of nitrogens with zero attached hydrogens (tertiary/aromatic N) is 1. The predicted octanol–water partition coefficient (Wildman–Crippen LogP) is 3.11. The summed E-state index contributed by atoms with van der Waals surface area (Å²) >= 11 is 7.61. The number of rotatable bonds is 2. The summed E-state index contributed by atoms with van der Waals surface area (Å²) in [6, 6.07) is 10.8. The second-order valence-electron chi connectivity index (χ2n) is 6.54. The van der Waals surface area contributed by atoms with Gasteiger partial charge in [0.1, 0.15) is 16.2 Å². The highest BCUT2D eigenvalue weighted by molar-refractivity contribution is 7.89. The third kappa shape index (κ3) is 3.57. The first-order valence-corrected chi connectivity index (χ1v) is 10.9. The molecule has 4 rings (SSSR count). The summed E-state index contributed by atoms with van der Waals surface area (Å²) in [6.07, 6.45) is 1.56. The van der Waals surface area contributed by atoms with Crippen LogP contribution in [0.25, 0.3) is 0 Å². The van der Waals surface area contributed by atoms with E-state index in [1.165, 1.54) is 4.88 Å². The number of likely N-dealkylation sites (tertiary alicyclic amines) is 1. The van der Waals surface area contributed by atoms with Crippen LogP contribution in [0.15, 0.2) is 41.3 Å². The molecule has 2 aliphatic heterocycles. The topological polar surface area (TPSA) is 58.6 Å². The summed E-state index contributed by atoms with van der Waals surface area (Å²) < 4.78 is 34.6. The fourth-order valence-electron chi connectivity index (χ4n) is 3.38. The maximum absolute atomic E-state index is 12.4. The van der Waals surface area contributed by atoms with E-state index >= 15 is 0 Å². The SMILES string of the molecule is O=S1(=O)NCC2(CCN(Cc3ccc(Cl)s3)CC2)Oc2ccccc21. The molecule has 5 nitrogen and oxygen atoms in total. The van der Waals surface area contributed by atoms with Gasteiger partial charge < -0.3 is 4.74 Å². The molecular weight excluding hydrogens is 380 g/mol. The molecule has 0 unspecified atom stereocenters. The highest BCUT2D eigenvalue weighted by Gasteiger charge is 2.41. The normalized spacial score (nSPS) is 22.1. The van der Waals surface area contributed by atoms with E-state index in [0.29, 0.717) is 12.3 Å². The number of benzene rings is 1. The number of halogens is 1. The van der Waals surface area contributed by atoms with Gasteiger partial charge in [0.25, 0.3) is 0 Å². The molecule has 1 N–H and O–H groups in total. The summed E-state index contributed by atoms with van der Waals surface area (Å²) in [5.74, 6) is 0.450. The number of piperidine rings is 1. The molecule has 0 amide bonds. The molecule has 1 fully saturated rings. The van der Waals surface area contributed by atoms with Gasteiger partial charge >= 0.3 is 0 Å². The molecule has 0 bridgehead atoms. The molecule has 8 heteroatoms. The average Bonchev–Trinajstić information content (AvgIpc) is 2.96. The van der Waals surface area contributed by atoms with Crippen LogP contribution in [0.3, 0.4) is 0 Å². The van der Waals surface area contributed by atoms with Crippen LogP contribution in [0, 0.1) is 0 Å². The van der Waals surface area contributed by atoms with E-state index in [-0.39, 0.29) is 4.90 Å². The van der Waals surface area contributed by atoms with Gasteiger partial charge in [-0.3, -0.25) is 4.90 Å². The Morgan fingerprint density at radius 1 is 1.20 bits per heavy atom. The van der Waals surface area contributed by atoms with Crippen LogP contribution < -0.4 is 9.46 Å². The highest BCUT2D eigenvalue weighted by atomic mass is 35.5. The monoisotopic (exact) mass is 398 g/mol. The Morgan fingerprint density at radius 3 is 2.68 bits per heavy atom. The van der Waals surface area contributed by atoms with Gasteiger partial charge in [0.2, 0.25) is 10.0 Å². The second kappa shape index (κ2) is 6.55. The zero-order valence-corrected chi connectivity index (χ0v) is 16.0. The summed E-state index contributed by atoms with van der Waals surface area (Å²) in [5, 5.41) is 0. The maximum atomic E-state index is 12.4. The zero-order valence-electron chi connectivity index (χ0n) is 13.6. The number of hydrogen-bond donors (Lipinski definition) is 1. The van der Waals surface area contributed by atoms with Gasteiger partial charge in [0, 0.05) is 37.4 Å². The minimum absolute atomic E-state index is 0.225. The molecule has 0 aliphatic carbocycles. The van der Waals surface area contributed by atoms with E-state index in [2.05, 4.69) is 15.7 Å². The Morgan fingerprint density at radius 2 is 1.96 bits per heavy atom. The number of fused-ring (bicyclic) bond motifs is 1. The van der Waals surface area contributed by atoms with Gasteiger partial charge in [-0.2, -0.15) is 0 Å². The van der Waals surface area contributed by atoms with Crippen molar-refractivity contribution in [1.82, 2.24) is 9.62 Å². The number of para-hydroxylation sites is 1. The molecule has 0 saturated carbocycles. The van der Waals surface area contributed by atoms with Crippen molar-refractivity contribution >= 4 is 33.0 Å². The first-order chi connectivity index (χ1) is 12.0. The third-order valence-electron chi connectivity index (χ3n) is 4.83. The summed E-state index contributed by atoms with van der Waals surface area (Å²) in [6.45, 7) is 2.90. The maximum Gasteiger partial charge on any atom is 0.244 e. The summed E-state index contributed by atoms with van der Waals surface area (Å²) in [5.41, 5.74) is -0.483. The highest BCUT2D eigenvalue weighted by Crippen LogP contribution is 2.35. The van der Waals surface area contributed by atoms with Crippen molar-refractivity contribution in [2.24, 2.45) is 0 Å². The van der Waals surface area contributed by atoms with Crippen molar-refractivity contribution in [2.75, 3.05) is 19.6 Å². The minimum Gasteiger partial charge on any atom is -0.484 e. The lowest BCUT2D eigenvalue weighted by Gasteiger charge is -2.40. The smallest absolute Gasteiger partial charge is 0.244 e. The van der Waals surface area contributed by atoms with Crippen LogP contribution in [0.5, 0.6) is 5.75 Å². The van der Waals surface area contributed by atoms with Gasteiger partial charge in [-0.15, -0.1) is 11.3 Å². The molecule has 1 aromatic carbocycles. The van der Waals surface area contributed by atoms with Gasteiger partial charge in [-0.25, -0.2) is 13.1 Å². The quantitative estimate of drug-likeness (QED) is 0.844. The molecule has 134 valence electrons. The Hall–Kier alpha value is -1.12. The lowest BCUT2D eigenvalue weighted by molar-refractivity contribution is 0.00394. The van der Waals surface area contributed by atoms with Crippen molar-refractivity contribution in [3.05, 3.63) is 45.6 Å². The van der Waals surface area contributed by atoms with Crippen molar-refractivity contribution in [3.8, 4) is 5.75 Å². The summed E-state index contributed by atoms with van der Waals surface area (Å²) in [4.78, 5) is 3.83. The Bertz CT molecular complexity index is 874. The van der Waals surface area contributed by atoms with E-state index in [1.54, 1.807) is 29.5 Å². The Kier molecular flexibility index (Phi) is 4.54. The number of sulfonamides is 1. The van der Waals surface area contributed by atoms with Gasteiger partial charge in [-0.1, -0.05) is 23.7 Å². The zero-order chi connectivity index (χ0) is 17.5. The van der Waals surface area contributed by atoms with E-state index in [4.69, 9.17) is 16.3 Å². The van der Waals surface area contributed by atoms with Crippen LogP contribution in [-0.2, 0) is 16.6 Å². The predicted molar refractivity (Wildman–Crippen MR) is 98.8 cm³/mol. The van der Waals surface area contributed by atoms with Crippen molar-refractivity contribution < 1.29 is 13.2 Å². The van der Waals surface area contributed by atoms with Crippen LogP contribution in [-0.4, -0.2) is 38.6 Å². The third-order valence-corrected chi connectivity index (χ3v) is 7.48. The molecule has 0 atom stereocenters. The molecule has 1 aromatic heterocycles. The van der Waals surface area contributed by atoms with Crippen molar-refractivity contribution in [2.45, 2.75) is 29.9 Å². The fourth-order valence-corrected chi connectivity index (χ4v) is 5.76. The first-order valence-electron chi connectivity index (χ1n) is 8.20. The van der Waals surface area contributed by atoms with Gasteiger partial charge in [-0.05, 0) is 24.3 Å². The number of ether oxygens (including phenoxy) is 1. The standard InChI is InChI=1S/C17H19ClN2O3S2/c18-16-6-5-13(24-16)11-20-9-7-17(8-10-20)12-19-25(21,22)15-4-2-1-3-14(15)23-17/h1-6,19H,7-12H2. The second-order valence-corrected chi connectivity index (χ2v) is 10.1. The molecule has 25 heavy (non-hydrogen) atoms. The van der Waals surface area contributed by atoms with Crippen LogP contribution >= 0.6 is 22.9 Å². The minimum atomic E-state index is -3.51. The van der Waals surface area contributed by atoms with Crippen molar-refractivity contribution in [1.29, 1.82) is 0 Å². The molecular formula is C17H19ClN2O3S2. The largest absolute Gasteiger partial charge is 0.484 e. The Labute approximate surface area is 156 Å². The van der Waals surface area contributed by atoms with E-state index in [9.17, 15) is 8.42 Å². The fraction of sp³-hybridized carbons (Fsp3) is 0.412. The van der Waals surface area contributed by atoms with Gasteiger partial charge in [0.05, 0.1) is 10.9 Å². The Balaban J connectivity index is 1.49. The molecule has 0 radical (unpaired) electrons. The van der Waals surface area contributed by atoms with E-state index < -0.39 is 15.6 Å². The number of nitrogens with one attached hydrogen (secondary N) is 1. The average molecular weight is 399 g/mol. The van der Waals surface area contributed by atoms with Gasteiger partial charge in [0.15, 0.2) is 0 Å².